The van der Waals surface area contributed by atoms with E-state index in [1.807, 2.05) is 0 Å². The molecule has 0 saturated carbocycles. The Labute approximate surface area is 97.9 Å². The summed E-state index contributed by atoms with van der Waals surface area (Å²) >= 11 is 0. The third-order valence-corrected chi connectivity index (χ3v) is 2.18. The van der Waals surface area contributed by atoms with Crippen LogP contribution in [0.5, 0.6) is 5.75 Å². The maximum absolute atomic E-state index is 13.7. The molecule has 0 aliphatic heterocycles. The van der Waals surface area contributed by atoms with Gasteiger partial charge in [0.2, 0.25) is 0 Å². The summed E-state index contributed by atoms with van der Waals surface area (Å²) in [7, 11) is -0.589. The van der Waals surface area contributed by atoms with Gasteiger partial charge in [-0.15, -0.1) is 0 Å². The minimum Gasteiger partial charge on any atom is -0.485 e. The van der Waals surface area contributed by atoms with E-state index in [1.54, 1.807) is 0 Å². The highest BCUT2D eigenvalue weighted by atomic mass is 19.1. The van der Waals surface area contributed by atoms with Crippen molar-refractivity contribution in [3.63, 3.8) is 0 Å². The predicted molar refractivity (Wildman–Crippen MR) is 58.3 cm³/mol. The molecule has 0 radical (unpaired) electrons. The number of aryl methyl sites for hydroxylation is 1. The van der Waals surface area contributed by atoms with Crippen LogP contribution in [0.15, 0.2) is 6.07 Å². The Kier molecular flexibility index (Phi) is 4.86. The molecule has 1 aromatic rings. The molecule has 0 aromatic heterocycles. The molecule has 1 aromatic carbocycles. The summed E-state index contributed by atoms with van der Waals surface area (Å²) in [5.41, 5.74) is -0.349. The van der Waals surface area contributed by atoms with Crippen LogP contribution in [-0.2, 0) is 4.74 Å². The van der Waals surface area contributed by atoms with Crippen LogP contribution in [0.4, 0.5) is 8.78 Å². The minimum absolute atomic E-state index is 0.0330. The average Bonchev–Trinajstić information content (AvgIpc) is 2.28. The normalized spacial score (nSPS) is 10.5. The first-order valence-electron chi connectivity index (χ1n) is 4.95. The largest absolute Gasteiger partial charge is 0.491 e. The van der Waals surface area contributed by atoms with Crippen LogP contribution >= 0.6 is 0 Å². The molecule has 2 N–H and O–H groups in total. The molecule has 0 heterocycles. The molecular weight excluding hydrogens is 233 g/mol. The van der Waals surface area contributed by atoms with Crippen LogP contribution in [0.1, 0.15) is 5.56 Å². The van der Waals surface area contributed by atoms with E-state index in [1.165, 1.54) is 14.0 Å². The van der Waals surface area contributed by atoms with E-state index in [-0.39, 0.29) is 18.8 Å². The van der Waals surface area contributed by atoms with Gasteiger partial charge < -0.3 is 19.5 Å². The molecule has 1 rings (SSSR count). The van der Waals surface area contributed by atoms with Gasteiger partial charge in [0.15, 0.2) is 17.4 Å². The van der Waals surface area contributed by atoms with E-state index in [2.05, 4.69) is 4.74 Å². The number of halogens is 2. The maximum Gasteiger partial charge on any atom is 0.491 e. The van der Waals surface area contributed by atoms with Crippen LogP contribution < -0.4 is 10.2 Å². The summed E-state index contributed by atoms with van der Waals surface area (Å²) in [4.78, 5) is 0. The van der Waals surface area contributed by atoms with Gasteiger partial charge in [0.1, 0.15) is 6.61 Å². The van der Waals surface area contributed by atoms with Gasteiger partial charge in [-0.3, -0.25) is 0 Å². The van der Waals surface area contributed by atoms with Gasteiger partial charge in [-0.25, -0.2) is 8.78 Å². The van der Waals surface area contributed by atoms with Crippen LogP contribution in [0, 0.1) is 18.6 Å². The van der Waals surface area contributed by atoms with Crippen molar-refractivity contribution in [2.24, 2.45) is 0 Å². The van der Waals surface area contributed by atoms with Crippen molar-refractivity contribution in [2.75, 3.05) is 20.3 Å². The van der Waals surface area contributed by atoms with E-state index in [0.717, 1.165) is 6.07 Å². The highest BCUT2D eigenvalue weighted by Crippen LogP contribution is 2.23. The highest BCUT2D eigenvalue weighted by Gasteiger charge is 2.24. The molecule has 94 valence electrons. The van der Waals surface area contributed by atoms with Gasteiger partial charge in [-0.05, 0) is 12.5 Å². The summed E-state index contributed by atoms with van der Waals surface area (Å²) in [5.74, 6) is -2.59. The number of benzene rings is 1. The standard InChI is InChI=1S/C10H13BF2O4/c1-6-5-7(11(14)15)9(13)10(8(6)12)17-4-3-16-2/h5,14-15H,3-4H2,1-2H3. The second-order valence-corrected chi connectivity index (χ2v) is 3.45. The quantitative estimate of drug-likeness (QED) is 0.566. The van der Waals surface area contributed by atoms with Crippen LogP contribution in [0.2, 0.25) is 0 Å². The monoisotopic (exact) mass is 246 g/mol. The van der Waals surface area contributed by atoms with E-state index < -0.39 is 30.0 Å². The Morgan fingerprint density at radius 3 is 2.41 bits per heavy atom. The molecule has 0 atom stereocenters. The average molecular weight is 246 g/mol. The van der Waals surface area contributed by atoms with Crippen LogP contribution in [0.25, 0.3) is 0 Å². The van der Waals surface area contributed by atoms with Crippen LogP contribution in [-0.4, -0.2) is 37.5 Å². The van der Waals surface area contributed by atoms with Gasteiger partial charge >= 0.3 is 7.12 Å². The molecule has 0 fully saturated rings. The lowest BCUT2D eigenvalue weighted by Gasteiger charge is -2.12. The van der Waals surface area contributed by atoms with E-state index >= 15 is 0 Å². The minimum atomic E-state index is -2.01. The Morgan fingerprint density at radius 2 is 1.88 bits per heavy atom. The molecule has 0 spiro atoms. The SMILES string of the molecule is COCCOc1c(F)c(C)cc(B(O)O)c1F. The van der Waals surface area contributed by atoms with Gasteiger partial charge in [-0.2, -0.15) is 0 Å². The smallest absolute Gasteiger partial charge is 0.485 e. The first-order chi connectivity index (χ1) is 7.99. The highest BCUT2D eigenvalue weighted by molar-refractivity contribution is 6.58. The molecule has 0 saturated heterocycles. The lowest BCUT2D eigenvalue weighted by atomic mass is 9.79. The molecule has 4 nitrogen and oxygen atoms in total. The molecule has 0 amide bonds. The van der Waals surface area contributed by atoms with Crippen molar-refractivity contribution in [1.29, 1.82) is 0 Å². The fourth-order valence-electron chi connectivity index (χ4n) is 1.31. The number of ether oxygens (including phenoxy) is 2. The second kappa shape index (κ2) is 5.95. The second-order valence-electron chi connectivity index (χ2n) is 3.45. The maximum atomic E-state index is 13.7. The van der Waals surface area contributed by atoms with Crippen molar-refractivity contribution >= 4 is 12.6 Å². The Bertz CT molecular complexity index is 398. The molecule has 0 unspecified atom stereocenters. The van der Waals surface area contributed by atoms with Gasteiger partial charge in [0.25, 0.3) is 0 Å². The first kappa shape index (κ1) is 13.9. The molecule has 7 heteroatoms. The number of methoxy groups -OCH3 is 1. The molecule has 0 aliphatic rings. The van der Waals surface area contributed by atoms with Crippen LogP contribution in [0.3, 0.4) is 0 Å². The summed E-state index contributed by atoms with van der Waals surface area (Å²) in [5, 5.41) is 17.9. The van der Waals surface area contributed by atoms with E-state index in [4.69, 9.17) is 14.8 Å². The summed E-state index contributed by atoms with van der Waals surface area (Å²) < 4.78 is 36.8. The predicted octanol–water partition coefficient (Wildman–Crippen LogP) is -0.0218. The molecule has 0 bridgehead atoms. The third kappa shape index (κ3) is 3.15. The zero-order chi connectivity index (χ0) is 13.0. The molecule has 17 heavy (non-hydrogen) atoms. The fraction of sp³-hybridized carbons (Fsp3) is 0.400. The number of rotatable bonds is 5. The van der Waals surface area contributed by atoms with Crippen molar-refractivity contribution < 1.29 is 28.3 Å². The summed E-state index contributed by atoms with van der Waals surface area (Å²) in [6, 6.07) is 1.03. The van der Waals surface area contributed by atoms with Crippen molar-refractivity contribution in [2.45, 2.75) is 6.92 Å². The van der Waals surface area contributed by atoms with Crippen molar-refractivity contribution in [3.05, 3.63) is 23.3 Å². The van der Waals surface area contributed by atoms with Gasteiger partial charge in [0, 0.05) is 12.6 Å². The zero-order valence-electron chi connectivity index (χ0n) is 9.54. The Balaban J connectivity index is 3.08. The van der Waals surface area contributed by atoms with Crippen molar-refractivity contribution in [3.8, 4) is 5.75 Å². The zero-order valence-corrected chi connectivity index (χ0v) is 9.54. The summed E-state index contributed by atoms with van der Waals surface area (Å²) in [6.45, 7) is 1.52. The lowest BCUT2D eigenvalue weighted by Crippen LogP contribution is -2.34. The molecular formula is C10H13BF2O4. The summed E-state index contributed by atoms with van der Waals surface area (Å²) in [6.07, 6.45) is 0. The van der Waals surface area contributed by atoms with E-state index in [9.17, 15) is 8.78 Å². The van der Waals surface area contributed by atoms with E-state index in [0.29, 0.717) is 0 Å². The van der Waals surface area contributed by atoms with Crippen molar-refractivity contribution in [1.82, 2.24) is 0 Å². The number of hydrogen-bond acceptors (Lipinski definition) is 4. The van der Waals surface area contributed by atoms with Gasteiger partial charge in [0.05, 0.1) is 6.61 Å². The lowest BCUT2D eigenvalue weighted by molar-refractivity contribution is 0.141. The Morgan fingerprint density at radius 1 is 1.24 bits per heavy atom. The molecule has 0 aliphatic carbocycles. The Hall–Kier alpha value is -1.18. The fourth-order valence-corrected chi connectivity index (χ4v) is 1.31. The topological polar surface area (TPSA) is 58.9 Å². The third-order valence-electron chi connectivity index (χ3n) is 2.18. The first-order valence-corrected chi connectivity index (χ1v) is 4.95. The number of hydrogen-bond donors (Lipinski definition) is 2. The van der Waals surface area contributed by atoms with Gasteiger partial charge in [-0.1, -0.05) is 6.07 Å².